The molecule has 3 nitrogen and oxygen atoms in total. The number of carbonyl (C=O) groups excluding carboxylic acids is 1. The molecule has 0 unspecified atom stereocenters. The van der Waals surface area contributed by atoms with Crippen LogP contribution in [0.3, 0.4) is 0 Å². The second-order valence-corrected chi connectivity index (χ2v) is 4.97. The third-order valence-corrected chi connectivity index (χ3v) is 3.87. The maximum absolute atomic E-state index is 12.2. The maximum Gasteiger partial charge on any atom is 0.239 e. The zero-order chi connectivity index (χ0) is 13.4. The average molecular weight is 242 g/mol. The van der Waals surface area contributed by atoms with Crippen LogP contribution in [0.4, 0.5) is 0 Å². The third-order valence-electron chi connectivity index (χ3n) is 3.87. The van der Waals surface area contributed by atoms with E-state index in [0.717, 1.165) is 32.4 Å². The van der Waals surface area contributed by atoms with E-state index in [1.165, 1.54) is 0 Å². The van der Waals surface area contributed by atoms with Gasteiger partial charge < -0.3 is 10.6 Å². The van der Waals surface area contributed by atoms with E-state index in [4.69, 9.17) is 5.73 Å². The summed E-state index contributed by atoms with van der Waals surface area (Å²) >= 11 is 0. The van der Waals surface area contributed by atoms with Crippen LogP contribution in [-0.4, -0.2) is 29.9 Å². The first-order chi connectivity index (χ1) is 8.01. The highest BCUT2D eigenvalue weighted by Gasteiger charge is 2.25. The quantitative estimate of drug-likeness (QED) is 0.711. The van der Waals surface area contributed by atoms with Gasteiger partial charge in [0.2, 0.25) is 5.91 Å². The van der Waals surface area contributed by atoms with Crippen molar-refractivity contribution in [3.05, 3.63) is 0 Å². The summed E-state index contributed by atoms with van der Waals surface area (Å²) in [4.78, 5) is 14.2. The van der Waals surface area contributed by atoms with Gasteiger partial charge in [-0.05, 0) is 18.8 Å². The van der Waals surface area contributed by atoms with E-state index in [-0.39, 0.29) is 17.9 Å². The lowest BCUT2D eigenvalue weighted by molar-refractivity contribution is -0.134. The standard InChI is InChI=1S/C14H30N2O/c1-6-11(5)13(15)14(17)16(9-4)10-12(7-2)8-3/h11-13H,6-10,15H2,1-5H3/t11-,13-/m0/s1. The number of hydrogen-bond donors (Lipinski definition) is 1. The molecule has 0 aromatic heterocycles. The molecule has 0 bridgehead atoms. The summed E-state index contributed by atoms with van der Waals surface area (Å²) in [6.45, 7) is 12.1. The van der Waals surface area contributed by atoms with Crippen LogP contribution in [0.25, 0.3) is 0 Å². The minimum absolute atomic E-state index is 0.119. The van der Waals surface area contributed by atoms with Gasteiger partial charge in [-0.15, -0.1) is 0 Å². The summed E-state index contributed by atoms with van der Waals surface area (Å²) in [5, 5.41) is 0. The van der Waals surface area contributed by atoms with Crippen LogP contribution >= 0.6 is 0 Å². The van der Waals surface area contributed by atoms with Gasteiger partial charge in [0.25, 0.3) is 0 Å². The van der Waals surface area contributed by atoms with Crippen LogP contribution in [0, 0.1) is 11.8 Å². The molecule has 0 aromatic rings. The Balaban J connectivity index is 4.49. The van der Waals surface area contributed by atoms with E-state index >= 15 is 0 Å². The molecule has 17 heavy (non-hydrogen) atoms. The SMILES string of the molecule is CCC(CC)CN(CC)C(=O)[C@@H](N)[C@@H](C)CC. The average Bonchev–Trinajstić information content (AvgIpc) is 2.37. The van der Waals surface area contributed by atoms with Crippen LogP contribution in [0.5, 0.6) is 0 Å². The fourth-order valence-electron chi connectivity index (χ4n) is 1.94. The predicted molar refractivity (Wildman–Crippen MR) is 73.8 cm³/mol. The van der Waals surface area contributed by atoms with Crippen LogP contribution in [0.15, 0.2) is 0 Å². The van der Waals surface area contributed by atoms with Crippen LogP contribution in [0.1, 0.15) is 53.9 Å². The van der Waals surface area contributed by atoms with Crippen molar-refractivity contribution in [3.63, 3.8) is 0 Å². The van der Waals surface area contributed by atoms with Gasteiger partial charge in [0.05, 0.1) is 6.04 Å². The first-order valence-electron chi connectivity index (χ1n) is 7.05. The highest BCUT2D eigenvalue weighted by atomic mass is 16.2. The Bertz CT molecular complexity index is 214. The van der Waals surface area contributed by atoms with Crippen molar-refractivity contribution >= 4 is 5.91 Å². The third kappa shape index (κ3) is 5.07. The summed E-state index contributed by atoms with van der Waals surface area (Å²) < 4.78 is 0. The van der Waals surface area contributed by atoms with E-state index in [1.807, 2.05) is 18.7 Å². The summed E-state index contributed by atoms with van der Waals surface area (Å²) in [7, 11) is 0. The fraction of sp³-hybridized carbons (Fsp3) is 0.929. The van der Waals surface area contributed by atoms with Gasteiger partial charge in [0.15, 0.2) is 0 Å². The number of likely N-dealkylation sites (N-methyl/N-ethyl adjacent to an activating group) is 1. The Labute approximate surface area is 107 Å². The molecule has 0 saturated carbocycles. The van der Waals surface area contributed by atoms with Crippen molar-refractivity contribution in [1.29, 1.82) is 0 Å². The van der Waals surface area contributed by atoms with Crippen molar-refractivity contribution < 1.29 is 4.79 Å². The zero-order valence-electron chi connectivity index (χ0n) is 12.2. The number of amides is 1. The van der Waals surface area contributed by atoms with Crippen molar-refractivity contribution in [2.45, 2.75) is 59.9 Å². The molecule has 0 aromatic carbocycles. The molecule has 2 atom stereocenters. The van der Waals surface area contributed by atoms with Crippen LogP contribution in [-0.2, 0) is 4.79 Å². The Morgan fingerprint density at radius 3 is 2.00 bits per heavy atom. The Hall–Kier alpha value is -0.570. The van der Waals surface area contributed by atoms with Crippen LogP contribution in [0.2, 0.25) is 0 Å². The molecule has 0 rings (SSSR count). The van der Waals surface area contributed by atoms with Gasteiger partial charge in [-0.1, -0.05) is 47.0 Å². The topological polar surface area (TPSA) is 46.3 Å². The van der Waals surface area contributed by atoms with Crippen molar-refractivity contribution in [2.24, 2.45) is 17.6 Å². The van der Waals surface area contributed by atoms with E-state index in [1.54, 1.807) is 0 Å². The molecule has 0 fully saturated rings. The first kappa shape index (κ1) is 16.4. The monoisotopic (exact) mass is 242 g/mol. The Morgan fingerprint density at radius 2 is 1.65 bits per heavy atom. The largest absolute Gasteiger partial charge is 0.341 e. The molecular weight excluding hydrogens is 212 g/mol. The van der Waals surface area contributed by atoms with Crippen molar-refractivity contribution in [2.75, 3.05) is 13.1 Å². The molecule has 0 aliphatic carbocycles. The number of hydrogen-bond acceptors (Lipinski definition) is 2. The van der Waals surface area contributed by atoms with Gasteiger partial charge in [0.1, 0.15) is 0 Å². The number of nitrogens with two attached hydrogens (primary N) is 1. The number of rotatable bonds is 8. The van der Waals surface area contributed by atoms with Crippen LogP contribution < -0.4 is 5.73 Å². The lowest BCUT2D eigenvalue weighted by Crippen LogP contribution is -2.48. The minimum atomic E-state index is -0.339. The number of carbonyl (C=O) groups is 1. The highest BCUT2D eigenvalue weighted by molar-refractivity contribution is 5.81. The normalized spacial score (nSPS) is 14.8. The van der Waals surface area contributed by atoms with E-state index in [2.05, 4.69) is 20.8 Å². The highest BCUT2D eigenvalue weighted by Crippen LogP contribution is 2.13. The second-order valence-electron chi connectivity index (χ2n) is 4.97. The summed E-state index contributed by atoms with van der Waals surface area (Å²) in [6.07, 6.45) is 3.20. The Kier molecular flexibility index (Phi) is 8.23. The smallest absolute Gasteiger partial charge is 0.239 e. The van der Waals surface area contributed by atoms with Crippen molar-refractivity contribution in [3.8, 4) is 0 Å². The molecule has 0 aliphatic rings. The zero-order valence-corrected chi connectivity index (χ0v) is 12.2. The molecule has 2 N–H and O–H groups in total. The molecule has 0 heterocycles. The molecule has 1 amide bonds. The van der Waals surface area contributed by atoms with E-state index in [9.17, 15) is 4.79 Å². The molecule has 0 saturated heterocycles. The van der Waals surface area contributed by atoms with Crippen molar-refractivity contribution in [1.82, 2.24) is 4.90 Å². The lowest BCUT2D eigenvalue weighted by atomic mass is 9.97. The van der Waals surface area contributed by atoms with Gasteiger partial charge in [-0.3, -0.25) is 4.79 Å². The summed E-state index contributed by atoms with van der Waals surface area (Å²) in [6, 6.07) is -0.339. The van der Waals surface area contributed by atoms with Gasteiger partial charge >= 0.3 is 0 Å². The molecule has 102 valence electrons. The molecular formula is C14H30N2O. The minimum Gasteiger partial charge on any atom is -0.341 e. The first-order valence-corrected chi connectivity index (χ1v) is 7.05. The van der Waals surface area contributed by atoms with E-state index < -0.39 is 0 Å². The molecule has 0 aliphatic heterocycles. The van der Waals surface area contributed by atoms with Gasteiger partial charge in [0, 0.05) is 13.1 Å². The molecule has 0 radical (unpaired) electrons. The second kappa shape index (κ2) is 8.51. The van der Waals surface area contributed by atoms with E-state index in [0.29, 0.717) is 5.92 Å². The lowest BCUT2D eigenvalue weighted by Gasteiger charge is -2.29. The molecule has 3 heteroatoms. The predicted octanol–water partition coefficient (Wildman–Crippen LogP) is 2.64. The molecule has 0 spiro atoms. The Morgan fingerprint density at radius 1 is 1.12 bits per heavy atom. The fourth-order valence-corrected chi connectivity index (χ4v) is 1.94. The number of nitrogens with zero attached hydrogens (tertiary/aromatic N) is 1. The van der Waals surface area contributed by atoms with Gasteiger partial charge in [-0.25, -0.2) is 0 Å². The summed E-state index contributed by atoms with van der Waals surface area (Å²) in [5.74, 6) is 0.982. The maximum atomic E-state index is 12.2. The summed E-state index contributed by atoms with van der Waals surface area (Å²) in [5.41, 5.74) is 6.02. The van der Waals surface area contributed by atoms with Gasteiger partial charge in [-0.2, -0.15) is 0 Å².